The molecule has 1 heterocycles. The first-order valence-electron chi connectivity index (χ1n) is 5.97. The summed E-state index contributed by atoms with van der Waals surface area (Å²) in [6, 6.07) is -1.51. The van der Waals surface area contributed by atoms with Crippen LogP contribution in [-0.4, -0.2) is 37.3 Å². The number of benzene rings is 1. The molecule has 0 spiro atoms. The summed E-state index contributed by atoms with van der Waals surface area (Å²) in [5.41, 5.74) is -1.28. The molecule has 0 amide bonds. The van der Waals surface area contributed by atoms with Crippen LogP contribution in [0, 0.1) is 17.5 Å². The van der Waals surface area contributed by atoms with Crippen molar-refractivity contribution >= 4 is 24.8 Å². The standard InChI is InChI=1S/C12H12F6N2.2ClH/c13-7-1-2-8(14)10(15)9(7)11(12(16,17)18)20-5-3-19-4-6-20;;/h1-2,11,19H,3-6H2;2*1H/t11-;;/m0../s1. The maximum Gasteiger partial charge on any atom is 0.408 e. The Balaban J connectivity index is 0.00000220. The van der Waals surface area contributed by atoms with E-state index in [0.29, 0.717) is 12.1 Å². The molecule has 1 atom stereocenters. The van der Waals surface area contributed by atoms with E-state index in [9.17, 15) is 26.3 Å². The van der Waals surface area contributed by atoms with Crippen molar-refractivity contribution in [1.82, 2.24) is 10.2 Å². The molecule has 1 aliphatic rings. The molecule has 1 N–H and O–H groups in total. The molecule has 0 unspecified atom stereocenters. The van der Waals surface area contributed by atoms with Gasteiger partial charge in [-0.05, 0) is 12.1 Å². The zero-order valence-corrected chi connectivity index (χ0v) is 12.7. The minimum Gasteiger partial charge on any atom is -0.314 e. The molecule has 0 aromatic heterocycles. The highest BCUT2D eigenvalue weighted by molar-refractivity contribution is 5.85. The molecule has 1 aromatic carbocycles. The average molecular weight is 371 g/mol. The lowest BCUT2D eigenvalue weighted by atomic mass is 10.0. The van der Waals surface area contributed by atoms with Crippen LogP contribution in [-0.2, 0) is 0 Å². The largest absolute Gasteiger partial charge is 0.408 e. The molecule has 1 fully saturated rings. The molecule has 0 radical (unpaired) electrons. The Morgan fingerprint density at radius 3 is 1.95 bits per heavy atom. The van der Waals surface area contributed by atoms with Crippen LogP contribution in [0.1, 0.15) is 11.6 Å². The van der Waals surface area contributed by atoms with Gasteiger partial charge in [0.05, 0.1) is 5.56 Å². The summed E-state index contributed by atoms with van der Waals surface area (Å²) in [7, 11) is 0. The summed E-state index contributed by atoms with van der Waals surface area (Å²) in [5, 5.41) is 2.84. The van der Waals surface area contributed by atoms with Crippen molar-refractivity contribution < 1.29 is 26.3 Å². The van der Waals surface area contributed by atoms with Gasteiger partial charge in [-0.1, -0.05) is 0 Å². The lowest BCUT2D eigenvalue weighted by Crippen LogP contribution is -2.49. The van der Waals surface area contributed by atoms with Gasteiger partial charge in [0.1, 0.15) is 11.9 Å². The fourth-order valence-corrected chi connectivity index (χ4v) is 2.29. The van der Waals surface area contributed by atoms with E-state index >= 15 is 0 Å². The number of halogens is 8. The molecule has 10 heteroatoms. The van der Waals surface area contributed by atoms with Crippen molar-refractivity contribution in [2.24, 2.45) is 0 Å². The highest BCUT2D eigenvalue weighted by Gasteiger charge is 2.48. The first kappa shape index (κ1) is 21.3. The summed E-state index contributed by atoms with van der Waals surface area (Å²) >= 11 is 0. The van der Waals surface area contributed by atoms with Crippen LogP contribution in [0.3, 0.4) is 0 Å². The summed E-state index contributed by atoms with van der Waals surface area (Å²) in [5.74, 6) is -4.68. The van der Waals surface area contributed by atoms with Crippen molar-refractivity contribution in [3.05, 3.63) is 35.1 Å². The maximum atomic E-state index is 13.6. The summed E-state index contributed by atoms with van der Waals surface area (Å²) in [6.07, 6.45) is -4.90. The van der Waals surface area contributed by atoms with E-state index < -0.39 is 35.2 Å². The minimum atomic E-state index is -4.90. The first-order chi connectivity index (χ1) is 9.32. The van der Waals surface area contributed by atoms with E-state index in [1.165, 1.54) is 0 Å². The number of rotatable bonds is 2. The van der Waals surface area contributed by atoms with Crippen LogP contribution < -0.4 is 5.32 Å². The zero-order valence-electron chi connectivity index (χ0n) is 11.1. The van der Waals surface area contributed by atoms with Crippen LogP contribution in [0.15, 0.2) is 12.1 Å². The lowest BCUT2D eigenvalue weighted by Gasteiger charge is -2.36. The highest BCUT2D eigenvalue weighted by Crippen LogP contribution is 2.40. The van der Waals surface area contributed by atoms with Gasteiger partial charge in [0, 0.05) is 26.2 Å². The van der Waals surface area contributed by atoms with Crippen LogP contribution in [0.5, 0.6) is 0 Å². The van der Waals surface area contributed by atoms with Gasteiger partial charge >= 0.3 is 6.18 Å². The van der Waals surface area contributed by atoms with Gasteiger partial charge in [-0.3, -0.25) is 4.90 Å². The van der Waals surface area contributed by atoms with Gasteiger partial charge in [-0.2, -0.15) is 13.2 Å². The van der Waals surface area contributed by atoms with E-state index in [4.69, 9.17) is 0 Å². The minimum absolute atomic E-state index is 0. The Hall–Kier alpha value is -0.700. The van der Waals surface area contributed by atoms with Gasteiger partial charge in [-0.15, -0.1) is 24.8 Å². The molecular weight excluding hydrogens is 357 g/mol. The van der Waals surface area contributed by atoms with Crippen LogP contribution >= 0.6 is 24.8 Å². The third kappa shape index (κ3) is 4.41. The molecular formula is C12H14Cl2F6N2. The first-order valence-corrected chi connectivity index (χ1v) is 5.97. The number of alkyl halides is 3. The quantitative estimate of drug-likeness (QED) is 0.633. The molecule has 1 saturated heterocycles. The predicted molar refractivity (Wildman–Crippen MR) is 74.1 cm³/mol. The summed E-state index contributed by atoms with van der Waals surface area (Å²) < 4.78 is 79.9. The topological polar surface area (TPSA) is 15.3 Å². The fourth-order valence-electron chi connectivity index (χ4n) is 2.29. The molecule has 0 saturated carbocycles. The molecule has 22 heavy (non-hydrogen) atoms. The molecule has 2 nitrogen and oxygen atoms in total. The fraction of sp³-hybridized carbons (Fsp3) is 0.500. The number of nitrogens with zero attached hydrogens (tertiary/aromatic N) is 1. The highest BCUT2D eigenvalue weighted by atomic mass is 35.5. The molecule has 1 aromatic rings. The maximum absolute atomic E-state index is 13.6. The Bertz CT molecular complexity index is 491. The Morgan fingerprint density at radius 1 is 0.955 bits per heavy atom. The second-order valence-electron chi connectivity index (χ2n) is 4.49. The third-order valence-corrected chi connectivity index (χ3v) is 3.18. The van der Waals surface area contributed by atoms with Crippen molar-refractivity contribution in [1.29, 1.82) is 0 Å². The van der Waals surface area contributed by atoms with E-state index in [1.807, 2.05) is 0 Å². The second-order valence-corrected chi connectivity index (χ2v) is 4.49. The Labute approximate surface area is 135 Å². The van der Waals surface area contributed by atoms with Gasteiger partial charge in [0.2, 0.25) is 0 Å². The smallest absolute Gasteiger partial charge is 0.314 e. The average Bonchev–Trinajstić information content (AvgIpc) is 2.39. The normalized spacial score (nSPS) is 17.4. The molecule has 2 rings (SSSR count). The Kier molecular flexibility index (Phi) is 7.97. The van der Waals surface area contributed by atoms with E-state index in [-0.39, 0.29) is 51.0 Å². The summed E-state index contributed by atoms with van der Waals surface area (Å²) in [6.45, 7) is 0.482. The molecule has 0 aliphatic carbocycles. The molecule has 0 bridgehead atoms. The van der Waals surface area contributed by atoms with Crippen LogP contribution in [0.25, 0.3) is 0 Å². The van der Waals surface area contributed by atoms with Crippen molar-refractivity contribution in [3.63, 3.8) is 0 Å². The zero-order chi connectivity index (χ0) is 14.9. The number of hydrogen-bond acceptors (Lipinski definition) is 2. The van der Waals surface area contributed by atoms with Gasteiger partial charge in [-0.25, -0.2) is 13.2 Å². The third-order valence-electron chi connectivity index (χ3n) is 3.18. The number of nitrogens with one attached hydrogen (secondary N) is 1. The molecule has 1 aliphatic heterocycles. The van der Waals surface area contributed by atoms with Gasteiger partial charge < -0.3 is 5.32 Å². The van der Waals surface area contributed by atoms with Crippen molar-refractivity contribution in [2.45, 2.75) is 12.2 Å². The van der Waals surface area contributed by atoms with Crippen molar-refractivity contribution in [3.8, 4) is 0 Å². The van der Waals surface area contributed by atoms with E-state index in [0.717, 1.165) is 4.90 Å². The number of piperazine rings is 1. The van der Waals surface area contributed by atoms with E-state index in [2.05, 4.69) is 5.32 Å². The lowest BCUT2D eigenvalue weighted by molar-refractivity contribution is -0.189. The summed E-state index contributed by atoms with van der Waals surface area (Å²) in [4.78, 5) is 0.900. The molecule has 128 valence electrons. The van der Waals surface area contributed by atoms with Crippen LogP contribution in [0.4, 0.5) is 26.3 Å². The number of hydrogen-bond donors (Lipinski definition) is 1. The van der Waals surface area contributed by atoms with Gasteiger partial charge in [0.15, 0.2) is 11.6 Å². The van der Waals surface area contributed by atoms with Crippen molar-refractivity contribution in [2.75, 3.05) is 26.2 Å². The van der Waals surface area contributed by atoms with E-state index in [1.54, 1.807) is 0 Å². The Morgan fingerprint density at radius 2 is 1.45 bits per heavy atom. The predicted octanol–water partition coefficient (Wildman–Crippen LogP) is 3.46. The monoisotopic (exact) mass is 370 g/mol. The van der Waals surface area contributed by atoms with Crippen LogP contribution in [0.2, 0.25) is 0 Å². The van der Waals surface area contributed by atoms with Gasteiger partial charge in [0.25, 0.3) is 0 Å². The second kappa shape index (κ2) is 8.24. The SMILES string of the molecule is Cl.Cl.Fc1ccc(F)c([C@H](N2CCNCC2)C(F)(F)F)c1F.